The van der Waals surface area contributed by atoms with Gasteiger partial charge in [-0.2, -0.15) is 0 Å². The summed E-state index contributed by atoms with van der Waals surface area (Å²) in [5, 5.41) is 3.30. The molecule has 1 aromatic carbocycles. The number of benzene rings is 1. The van der Waals surface area contributed by atoms with E-state index in [9.17, 15) is 4.79 Å². The van der Waals surface area contributed by atoms with Gasteiger partial charge in [-0.05, 0) is 41.1 Å². The lowest BCUT2D eigenvalue weighted by molar-refractivity contribution is 0.0303. The number of nitrogens with one attached hydrogen (secondary N) is 1. The van der Waals surface area contributed by atoms with Crippen LogP contribution in [0.4, 0.5) is 0 Å². The predicted molar refractivity (Wildman–Crippen MR) is 114 cm³/mol. The summed E-state index contributed by atoms with van der Waals surface area (Å²) in [5.74, 6) is 0.0588. The second-order valence-corrected chi connectivity index (χ2v) is 7.57. The molecule has 0 saturated carbocycles. The smallest absolute Gasteiger partial charge is 0.254 e. The molecular formula is C20H21IN4O2. The molecule has 0 unspecified atom stereocenters. The highest BCUT2D eigenvalue weighted by Crippen LogP contribution is 2.28. The standard InChI is InChI=1S/C20H21IN4O2/c21-19-13-22-7-1-2-17-12-23-18(14-25(17)19)15-3-5-16(6-4-15)20(26)24-8-10-27-11-9-24/h2-6,12-14,22H,1,7-11H2/b17-2?,19-13-. The van der Waals surface area contributed by atoms with Gasteiger partial charge in [-0.15, -0.1) is 0 Å². The molecule has 0 radical (unpaired) electrons. The van der Waals surface area contributed by atoms with Crippen molar-refractivity contribution in [2.24, 2.45) is 4.99 Å². The molecule has 3 aliphatic heterocycles. The molecule has 1 aromatic rings. The molecular weight excluding hydrogens is 455 g/mol. The summed E-state index contributed by atoms with van der Waals surface area (Å²) < 4.78 is 6.40. The maximum Gasteiger partial charge on any atom is 0.254 e. The van der Waals surface area contributed by atoms with E-state index in [0.29, 0.717) is 31.9 Å². The first-order chi connectivity index (χ1) is 13.2. The van der Waals surface area contributed by atoms with Gasteiger partial charge in [0.1, 0.15) is 3.70 Å². The first-order valence-electron chi connectivity index (χ1n) is 9.04. The van der Waals surface area contributed by atoms with E-state index in [0.717, 1.165) is 33.6 Å². The molecule has 1 saturated heterocycles. The van der Waals surface area contributed by atoms with Crippen LogP contribution >= 0.6 is 22.6 Å². The fraction of sp³-hybridized carbons (Fsp3) is 0.300. The molecule has 27 heavy (non-hydrogen) atoms. The minimum absolute atomic E-state index is 0.0588. The Hall–Kier alpha value is -2.13. The van der Waals surface area contributed by atoms with E-state index in [4.69, 9.17) is 4.74 Å². The number of hydrogen-bond acceptors (Lipinski definition) is 5. The third kappa shape index (κ3) is 4.08. The van der Waals surface area contributed by atoms with E-state index in [1.165, 1.54) is 0 Å². The van der Waals surface area contributed by atoms with Crippen molar-refractivity contribution >= 4 is 40.4 Å². The van der Waals surface area contributed by atoms with Crippen LogP contribution in [0.25, 0.3) is 5.70 Å². The van der Waals surface area contributed by atoms with Crippen molar-refractivity contribution in [3.63, 3.8) is 0 Å². The number of rotatable bonds is 2. The van der Waals surface area contributed by atoms with Crippen LogP contribution in [0.2, 0.25) is 0 Å². The Balaban J connectivity index is 1.54. The summed E-state index contributed by atoms with van der Waals surface area (Å²) in [6.45, 7) is 3.45. The van der Waals surface area contributed by atoms with Gasteiger partial charge in [0, 0.05) is 43.2 Å². The highest BCUT2D eigenvalue weighted by atomic mass is 127. The van der Waals surface area contributed by atoms with Gasteiger partial charge in [0.25, 0.3) is 5.91 Å². The lowest BCUT2D eigenvalue weighted by Crippen LogP contribution is -2.40. The average molecular weight is 476 g/mol. The van der Waals surface area contributed by atoms with Crippen molar-refractivity contribution in [3.05, 3.63) is 63.3 Å². The minimum atomic E-state index is 0.0588. The van der Waals surface area contributed by atoms with E-state index in [1.54, 1.807) is 0 Å². The third-order valence-corrected chi connectivity index (χ3v) is 5.52. The molecule has 1 N–H and O–H groups in total. The summed E-state index contributed by atoms with van der Waals surface area (Å²) >= 11 is 2.32. The number of morpholine rings is 1. The molecule has 7 heteroatoms. The van der Waals surface area contributed by atoms with Crippen molar-refractivity contribution in [2.75, 3.05) is 32.8 Å². The van der Waals surface area contributed by atoms with E-state index >= 15 is 0 Å². The second kappa shape index (κ2) is 8.26. The van der Waals surface area contributed by atoms with Gasteiger partial charge < -0.3 is 19.9 Å². The SMILES string of the molecule is O=C(c1ccc(C2=CN3C(=CCCN/C=C\3I)C=N2)cc1)N1CCOCC1. The summed E-state index contributed by atoms with van der Waals surface area (Å²) in [6.07, 6.45) is 9.10. The molecule has 0 bridgehead atoms. The number of allylic oxidation sites excluding steroid dienone is 1. The Morgan fingerprint density at radius 1 is 1.19 bits per heavy atom. The quantitative estimate of drug-likeness (QED) is 0.527. The summed E-state index contributed by atoms with van der Waals surface area (Å²) in [5.41, 5.74) is 3.65. The highest BCUT2D eigenvalue weighted by Gasteiger charge is 2.20. The van der Waals surface area contributed by atoms with Crippen LogP contribution in [0, 0.1) is 0 Å². The summed E-state index contributed by atoms with van der Waals surface area (Å²) in [4.78, 5) is 21.2. The molecule has 1 fully saturated rings. The molecule has 140 valence electrons. The van der Waals surface area contributed by atoms with Gasteiger partial charge in [-0.3, -0.25) is 9.79 Å². The Labute approximate surface area is 172 Å². The first kappa shape index (κ1) is 18.2. The van der Waals surface area contributed by atoms with Gasteiger partial charge in [0.05, 0.1) is 30.8 Å². The molecule has 3 aliphatic rings. The van der Waals surface area contributed by atoms with Crippen molar-refractivity contribution in [3.8, 4) is 0 Å². The number of hydrogen-bond donors (Lipinski definition) is 1. The van der Waals surface area contributed by atoms with E-state index < -0.39 is 0 Å². The van der Waals surface area contributed by atoms with Crippen LogP contribution in [0.1, 0.15) is 22.3 Å². The zero-order valence-electron chi connectivity index (χ0n) is 14.9. The van der Waals surface area contributed by atoms with Crippen LogP contribution in [0.15, 0.2) is 57.1 Å². The number of carbonyl (C=O) groups excluding carboxylic acids is 1. The molecule has 0 atom stereocenters. The fourth-order valence-corrected chi connectivity index (χ4v) is 3.81. The van der Waals surface area contributed by atoms with Crippen LogP contribution in [-0.4, -0.2) is 54.8 Å². The first-order valence-corrected chi connectivity index (χ1v) is 10.1. The monoisotopic (exact) mass is 476 g/mol. The zero-order chi connectivity index (χ0) is 18.6. The van der Waals surface area contributed by atoms with Crippen molar-refractivity contribution in [2.45, 2.75) is 6.42 Å². The van der Waals surface area contributed by atoms with Crippen molar-refractivity contribution < 1.29 is 9.53 Å². The van der Waals surface area contributed by atoms with E-state index in [1.807, 2.05) is 47.8 Å². The minimum Gasteiger partial charge on any atom is -0.389 e. The van der Waals surface area contributed by atoms with E-state index in [2.05, 4.69) is 43.9 Å². The van der Waals surface area contributed by atoms with Gasteiger partial charge >= 0.3 is 0 Å². The van der Waals surface area contributed by atoms with Crippen molar-refractivity contribution in [1.29, 1.82) is 0 Å². The van der Waals surface area contributed by atoms with Gasteiger partial charge in [-0.25, -0.2) is 0 Å². The van der Waals surface area contributed by atoms with Crippen LogP contribution in [0.3, 0.4) is 0 Å². The number of fused-ring (bicyclic) bond motifs is 1. The zero-order valence-corrected chi connectivity index (χ0v) is 17.1. The number of halogens is 1. The number of ether oxygens (including phenoxy) is 1. The topological polar surface area (TPSA) is 57.2 Å². The van der Waals surface area contributed by atoms with Crippen molar-refractivity contribution in [1.82, 2.24) is 15.1 Å². The summed E-state index contributed by atoms with van der Waals surface area (Å²) in [7, 11) is 0. The maximum absolute atomic E-state index is 12.6. The maximum atomic E-state index is 12.6. The molecule has 0 aromatic heterocycles. The Bertz CT molecular complexity index is 836. The Morgan fingerprint density at radius 2 is 1.96 bits per heavy atom. The van der Waals surface area contributed by atoms with Crippen LogP contribution in [-0.2, 0) is 4.74 Å². The van der Waals surface area contributed by atoms with Gasteiger partial charge in [0.15, 0.2) is 0 Å². The highest BCUT2D eigenvalue weighted by molar-refractivity contribution is 14.1. The largest absolute Gasteiger partial charge is 0.389 e. The lowest BCUT2D eigenvalue weighted by atomic mass is 10.1. The molecule has 4 rings (SSSR count). The Kier molecular flexibility index (Phi) is 5.58. The third-order valence-electron chi connectivity index (χ3n) is 4.68. The van der Waals surface area contributed by atoms with Gasteiger partial charge in [-0.1, -0.05) is 18.2 Å². The van der Waals surface area contributed by atoms with Crippen LogP contribution in [0.5, 0.6) is 0 Å². The molecule has 0 spiro atoms. The number of amides is 1. The fourth-order valence-electron chi connectivity index (χ4n) is 3.18. The molecule has 0 aliphatic carbocycles. The number of aliphatic imine (C=N–C) groups is 1. The average Bonchev–Trinajstić information content (AvgIpc) is 2.72. The summed E-state index contributed by atoms with van der Waals surface area (Å²) in [6, 6.07) is 7.68. The van der Waals surface area contributed by atoms with E-state index in [-0.39, 0.29) is 5.91 Å². The lowest BCUT2D eigenvalue weighted by Gasteiger charge is -2.27. The number of carbonyl (C=O) groups is 1. The predicted octanol–water partition coefficient (Wildman–Crippen LogP) is 2.95. The normalized spacial score (nSPS) is 21.7. The van der Waals surface area contributed by atoms with Crippen LogP contribution < -0.4 is 5.32 Å². The molecule has 6 nitrogen and oxygen atoms in total. The molecule has 1 amide bonds. The Morgan fingerprint density at radius 3 is 2.74 bits per heavy atom. The number of nitrogens with zero attached hydrogens (tertiary/aromatic N) is 3. The molecule has 3 heterocycles. The second-order valence-electron chi connectivity index (χ2n) is 6.46. The van der Waals surface area contributed by atoms with Gasteiger partial charge in [0.2, 0.25) is 0 Å².